The van der Waals surface area contributed by atoms with Gasteiger partial charge in [0.05, 0.1) is 18.7 Å². The minimum Gasteiger partial charge on any atom is -0.466 e. The van der Waals surface area contributed by atoms with Crippen molar-refractivity contribution in [2.75, 3.05) is 19.7 Å². The second-order valence-corrected chi connectivity index (χ2v) is 4.68. The number of nitrogens with zero attached hydrogens (tertiary/aromatic N) is 2. The Balaban J connectivity index is 1.92. The summed E-state index contributed by atoms with van der Waals surface area (Å²) in [5.41, 5.74) is 0.223. The van der Waals surface area contributed by atoms with Gasteiger partial charge < -0.3 is 9.64 Å². The Hall–Kier alpha value is -1.98. The van der Waals surface area contributed by atoms with Crippen molar-refractivity contribution in [3.8, 4) is 0 Å². The van der Waals surface area contributed by atoms with Crippen LogP contribution < -0.4 is 0 Å². The summed E-state index contributed by atoms with van der Waals surface area (Å²) >= 11 is 0. The summed E-state index contributed by atoms with van der Waals surface area (Å²) in [5.74, 6) is -1.03. The maximum Gasteiger partial charge on any atom is 0.309 e. The number of carbonyl (C=O) groups excluding carboxylic acids is 2. The van der Waals surface area contributed by atoms with Crippen LogP contribution in [0.2, 0.25) is 0 Å². The molecule has 2 heterocycles. The lowest BCUT2D eigenvalue weighted by Gasteiger charge is -2.30. The van der Waals surface area contributed by atoms with Crippen LogP contribution >= 0.6 is 0 Å². The molecule has 0 saturated carbocycles. The fourth-order valence-corrected chi connectivity index (χ4v) is 2.24. The van der Waals surface area contributed by atoms with E-state index in [-0.39, 0.29) is 23.5 Å². The van der Waals surface area contributed by atoms with Crippen molar-refractivity contribution in [3.05, 3.63) is 29.8 Å². The summed E-state index contributed by atoms with van der Waals surface area (Å²) in [7, 11) is 0. The van der Waals surface area contributed by atoms with Gasteiger partial charge in [0.2, 0.25) is 0 Å². The molecule has 0 N–H and O–H groups in total. The van der Waals surface area contributed by atoms with Crippen molar-refractivity contribution in [3.63, 3.8) is 0 Å². The van der Waals surface area contributed by atoms with Gasteiger partial charge in [-0.05, 0) is 31.9 Å². The molecule has 0 unspecified atom stereocenters. The third-order valence-corrected chi connectivity index (χ3v) is 3.35. The maximum atomic E-state index is 12.8. The highest BCUT2D eigenvalue weighted by Crippen LogP contribution is 2.20. The lowest BCUT2D eigenvalue weighted by atomic mass is 9.97. The minimum absolute atomic E-state index is 0.139. The topological polar surface area (TPSA) is 59.5 Å². The second-order valence-electron chi connectivity index (χ2n) is 4.68. The summed E-state index contributed by atoms with van der Waals surface area (Å²) in [5, 5.41) is 0. The molecular weight excluding hydrogens is 263 g/mol. The lowest BCUT2D eigenvalue weighted by Crippen LogP contribution is -2.41. The molecule has 1 amide bonds. The molecule has 1 saturated heterocycles. The molecule has 2 rings (SSSR count). The Bertz CT molecular complexity index is 482. The van der Waals surface area contributed by atoms with E-state index >= 15 is 0 Å². The number of halogens is 1. The molecule has 108 valence electrons. The quantitative estimate of drug-likeness (QED) is 0.790. The molecule has 1 aromatic heterocycles. The van der Waals surface area contributed by atoms with Gasteiger partial charge in [0, 0.05) is 13.1 Å². The van der Waals surface area contributed by atoms with Gasteiger partial charge in [0.1, 0.15) is 11.5 Å². The minimum atomic E-state index is -0.470. The number of hydrogen-bond acceptors (Lipinski definition) is 4. The first-order chi connectivity index (χ1) is 9.61. The largest absolute Gasteiger partial charge is 0.466 e. The van der Waals surface area contributed by atoms with Crippen molar-refractivity contribution >= 4 is 11.9 Å². The number of hydrogen-bond donors (Lipinski definition) is 0. The van der Waals surface area contributed by atoms with Crippen molar-refractivity contribution in [1.82, 2.24) is 9.88 Å². The van der Waals surface area contributed by atoms with Gasteiger partial charge in [-0.15, -0.1) is 0 Å². The van der Waals surface area contributed by atoms with Crippen LogP contribution in [0.4, 0.5) is 4.39 Å². The normalized spacial score (nSPS) is 16.0. The van der Waals surface area contributed by atoms with Crippen molar-refractivity contribution in [2.24, 2.45) is 5.92 Å². The SMILES string of the molecule is CCOC(=O)C1CCN(C(=O)c2ccc(F)cn2)CC1. The van der Waals surface area contributed by atoms with Crippen LogP contribution in [0.15, 0.2) is 18.3 Å². The van der Waals surface area contributed by atoms with Crippen LogP contribution in [0.5, 0.6) is 0 Å². The van der Waals surface area contributed by atoms with E-state index in [9.17, 15) is 14.0 Å². The summed E-state index contributed by atoms with van der Waals surface area (Å²) in [6.07, 6.45) is 2.20. The lowest BCUT2D eigenvalue weighted by molar-refractivity contribution is -0.149. The van der Waals surface area contributed by atoms with Gasteiger partial charge >= 0.3 is 5.97 Å². The second kappa shape index (κ2) is 6.45. The Morgan fingerprint density at radius 3 is 2.65 bits per heavy atom. The summed E-state index contributed by atoms with van der Waals surface area (Å²) in [6.45, 7) is 3.12. The number of esters is 1. The highest BCUT2D eigenvalue weighted by molar-refractivity contribution is 5.92. The number of carbonyl (C=O) groups is 2. The predicted molar refractivity (Wildman–Crippen MR) is 69.5 cm³/mol. The first-order valence-corrected chi connectivity index (χ1v) is 6.69. The van der Waals surface area contributed by atoms with E-state index in [1.54, 1.807) is 11.8 Å². The third-order valence-electron chi connectivity index (χ3n) is 3.35. The highest BCUT2D eigenvalue weighted by atomic mass is 19.1. The molecular formula is C14H17FN2O3. The van der Waals surface area contributed by atoms with E-state index in [0.29, 0.717) is 32.5 Å². The molecule has 1 fully saturated rings. The highest BCUT2D eigenvalue weighted by Gasteiger charge is 2.28. The third kappa shape index (κ3) is 3.31. The van der Waals surface area contributed by atoms with Crippen LogP contribution in [0, 0.1) is 11.7 Å². The summed E-state index contributed by atoms with van der Waals surface area (Å²) < 4.78 is 17.7. The molecule has 0 aliphatic carbocycles. The number of rotatable bonds is 3. The van der Waals surface area contributed by atoms with Gasteiger partial charge in [-0.3, -0.25) is 9.59 Å². The van der Waals surface area contributed by atoms with E-state index in [4.69, 9.17) is 4.74 Å². The van der Waals surface area contributed by atoms with Crippen LogP contribution in [0.1, 0.15) is 30.3 Å². The van der Waals surface area contributed by atoms with Crippen LogP contribution in [-0.2, 0) is 9.53 Å². The zero-order valence-electron chi connectivity index (χ0n) is 11.3. The number of ether oxygens (including phenoxy) is 1. The van der Waals surface area contributed by atoms with E-state index in [1.165, 1.54) is 12.1 Å². The Labute approximate surface area is 116 Å². The molecule has 0 aromatic carbocycles. The Morgan fingerprint density at radius 1 is 1.40 bits per heavy atom. The monoisotopic (exact) mass is 280 g/mol. The van der Waals surface area contributed by atoms with Crippen LogP contribution in [0.25, 0.3) is 0 Å². The molecule has 0 spiro atoms. The smallest absolute Gasteiger partial charge is 0.309 e. The van der Waals surface area contributed by atoms with Crippen molar-refractivity contribution < 1.29 is 18.7 Å². The summed E-state index contributed by atoms with van der Waals surface area (Å²) in [4.78, 5) is 29.2. The van der Waals surface area contributed by atoms with Crippen molar-refractivity contribution in [2.45, 2.75) is 19.8 Å². The fourth-order valence-electron chi connectivity index (χ4n) is 2.24. The molecule has 5 nitrogen and oxygen atoms in total. The molecule has 0 radical (unpaired) electrons. The van der Waals surface area contributed by atoms with E-state index in [0.717, 1.165) is 6.20 Å². The molecule has 1 aliphatic heterocycles. The molecule has 0 bridgehead atoms. The van der Waals surface area contributed by atoms with Crippen LogP contribution in [-0.4, -0.2) is 41.5 Å². The fraction of sp³-hybridized carbons (Fsp3) is 0.500. The van der Waals surface area contributed by atoms with Gasteiger partial charge in [0.15, 0.2) is 0 Å². The average Bonchev–Trinajstić information content (AvgIpc) is 2.48. The van der Waals surface area contributed by atoms with E-state index in [1.807, 2.05) is 0 Å². The molecule has 1 aliphatic rings. The average molecular weight is 280 g/mol. The molecule has 20 heavy (non-hydrogen) atoms. The van der Waals surface area contributed by atoms with Gasteiger partial charge in [-0.25, -0.2) is 9.37 Å². The number of aromatic nitrogens is 1. The number of pyridine rings is 1. The Kier molecular flexibility index (Phi) is 4.65. The van der Waals surface area contributed by atoms with Gasteiger partial charge in [-0.1, -0.05) is 0 Å². The zero-order chi connectivity index (χ0) is 14.5. The molecule has 1 aromatic rings. The Morgan fingerprint density at radius 2 is 2.10 bits per heavy atom. The maximum absolute atomic E-state index is 12.8. The van der Waals surface area contributed by atoms with E-state index < -0.39 is 5.82 Å². The predicted octanol–water partition coefficient (Wildman–Crippen LogP) is 1.64. The standard InChI is InChI=1S/C14H17FN2O3/c1-2-20-14(19)10-5-7-17(8-6-10)13(18)12-4-3-11(15)9-16-12/h3-4,9-10H,2,5-8H2,1H3. The van der Waals surface area contributed by atoms with Crippen molar-refractivity contribution in [1.29, 1.82) is 0 Å². The molecule has 6 heteroatoms. The van der Waals surface area contributed by atoms with E-state index in [2.05, 4.69) is 4.98 Å². The van der Waals surface area contributed by atoms with Gasteiger partial charge in [0.25, 0.3) is 5.91 Å². The first kappa shape index (κ1) is 14.4. The number of piperidine rings is 1. The zero-order valence-corrected chi connectivity index (χ0v) is 11.3. The molecule has 0 atom stereocenters. The summed E-state index contributed by atoms with van der Waals surface area (Å²) in [6, 6.07) is 2.58. The number of likely N-dealkylation sites (tertiary alicyclic amines) is 1. The van der Waals surface area contributed by atoms with Crippen LogP contribution in [0.3, 0.4) is 0 Å². The van der Waals surface area contributed by atoms with Gasteiger partial charge in [-0.2, -0.15) is 0 Å². The first-order valence-electron chi connectivity index (χ1n) is 6.69. The number of amides is 1.